The molecule has 20 heavy (non-hydrogen) atoms. The molecule has 0 bridgehead atoms. The molecule has 1 aliphatic rings. The average molecular weight is 291 g/mol. The van der Waals surface area contributed by atoms with Crippen molar-refractivity contribution in [1.29, 1.82) is 0 Å². The van der Waals surface area contributed by atoms with Crippen molar-refractivity contribution in [2.45, 2.75) is 25.3 Å². The minimum absolute atomic E-state index is 0.431. The summed E-state index contributed by atoms with van der Waals surface area (Å²) >= 11 is 6.36. The van der Waals surface area contributed by atoms with Crippen LogP contribution in [0.25, 0.3) is 5.69 Å². The molecule has 1 fully saturated rings. The van der Waals surface area contributed by atoms with Gasteiger partial charge >= 0.3 is 0 Å². The summed E-state index contributed by atoms with van der Waals surface area (Å²) in [4.78, 5) is 4.10. The van der Waals surface area contributed by atoms with Gasteiger partial charge in [-0.15, -0.1) is 0 Å². The Hall–Kier alpha value is -1.52. The Morgan fingerprint density at radius 2 is 2.30 bits per heavy atom. The number of rotatable bonds is 4. The van der Waals surface area contributed by atoms with Crippen molar-refractivity contribution < 1.29 is 0 Å². The molecule has 2 atom stereocenters. The molecule has 0 saturated heterocycles. The van der Waals surface area contributed by atoms with Gasteiger partial charge in [0.2, 0.25) is 0 Å². The molecule has 1 heterocycles. The van der Waals surface area contributed by atoms with E-state index in [0.29, 0.717) is 12.0 Å². The van der Waals surface area contributed by atoms with E-state index in [2.05, 4.69) is 16.4 Å². The lowest BCUT2D eigenvalue weighted by atomic mass is 10.0. The highest BCUT2D eigenvalue weighted by Crippen LogP contribution is 2.33. The third kappa shape index (κ3) is 2.53. The van der Waals surface area contributed by atoms with E-state index in [-0.39, 0.29) is 0 Å². The van der Waals surface area contributed by atoms with Gasteiger partial charge in [0.25, 0.3) is 0 Å². The van der Waals surface area contributed by atoms with Gasteiger partial charge in [-0.1, -0.05) is 24.1 Å². The number of nitrogens with zero attached hydrogens (tertiary/aromatic N) is 2. The van der Waals surface area contributed by atoms with E-state index in [1.165, 1.54) is 12.8 Å². The molecule has 1 saturated carbocycles. The summed E-state index contributed by atoms with van der Waals surface area (Å²) in [7, 11) is 0. The van der Waals surface area contributed by atoms with Gasteiger partial charge in [-0.3, -0.25) is 0 Å². The first-order valence-electron chi connectivity index (χ1n) is 7.03. The number of hydrogen-bond donors (Lipinski definition) is 2. The van der Waals surface area contributed by atoms with Crippen molar-refractivity contribution in [3.8, 4) is 5.69 Å². The van der Waals surface area contributed by atoms with Crippen LogP contribution in [0.4, 0.5) is 5.69 Å². The summed E-state index contributed by atoms with van der Waals surface area (Å²) in [6.07, 6.45) is 9.03. The molecule has 4 nitrogen and oxygen atoms in total. The molecule has 3 N–H and O–H groups in total. The maximum absolute atomic E-state index is 6.36. The van der Waals surface area contributed by atoms with E-state index < -0.39 is 0 Å². The lowest BCUT2D eigenvalue weighted by Gasteiger charge is -2.23. The number of aromatic nitrogens is 2. The molecule has 2 aromatic rings. The Morgan fingerprint density at radius 3 is 3.05 bits per heavy atom. The minimum Gasteiger partial charge on any atom is -0.380 e. The van der Waals surface area contributed by atoms with Crippen LogP contribution in [0.1, 0.15) is 19.3 Å². The van der Waals surface area contributed by atoms with Crippen LogP contribution in [0.15, 0.2) is 36.9 Å². The van der Waals surface area contributed by atoms with E-state index in [1.807, 2.05) is 22.9 Å². The van der Waals surface area contributed by atoms with Gasteiger partial charge in [-0.05, 0) is 37.4 Å². The number of nitrogens with two attached hydrogens (primary N) is 1. The minimum atomic E-state index is 0.431. The second-order valence-corrected chi connectivity index (χ2v) is 5.69. The monoisotopic (exact) mass is 290 g/mol. The average Bonchev–Trinajstić information content (AvgIpc) is 3.10. The normalized spacial score (nSPS) is 22.1. The van der Waals surface area contributed by atoms with Gasteiger partial charge in [-0.25, -0.2) is 4.98 Å². The Kier molecular flexibility index (Phi) is 3.94. The summed E-state index contributed by atoms with van der Waals surface area (Å²) < 4.78 is 1.94. The molecule has 0 amide bonds. The highest BCUT2D eigenvalue weighted by molar-refractivity contribution is 6.33. The zero-order chi connectivity index (χ0) is 13.9. The molecule has 5 heteroatoms. The number of imidazole rings is 1. The van der Waals surface area contributed by atoms with Gasteiger partial charge in [0, 0.05) is 18.4 Å². The molecule has 2 unspecified atom stereocenters. The van der Waals surface area contributed by atoms with Crippen LogP contribution in [0.2, 0.25) is 5.02 Å². The van der Waals surface area contributed by atoms with Gasteiger partial charge in [0.05, 0.1) is 22.7 Å². The van der Waals surface area contributed by atoms with E-state index >= 15 is 0 Å². The van der Waals surface area contributed by atoms with Crippen LogP contribution in [0, 0.1) is 5.92 Å². The number of halogens is 1. The van der Waals surface area contributed by atoms with Gasteiger partial charge in [0.15, 0.2) is 0 Å². The number of benzene rings is 1. The fourth-order valence-electron chi connectivity index (χ4n) is 2.99. The van der Waals surface area contributed by atoms with Gasteiger partial charge in [-0.2, -0.15) is 0 Å². The second-order valence-electron chi connectivity index (χ2n) is 5.28. The van der Waals surface area contributed by atoms with Gasteiger partial charge in [0.1, 0.15) is 0 Å². The third-order valence-corrected chi connectivity index (χ3v) is 4.36. The zero-order valence-corrected chi connectivity index (χ0v) is 12.1. The molecule has 0 aliphatic heterocycles. The van der Waals surface area contributed by atoms with Gasteiger partial charge < -0.3 is 15.6 Å². The van der Waals surface area contributed by atoms with Crippen LogP contribution in [0.5, 0.6) is 0 Å². The van der Waals surface area contributed by atoms with Crippen LogP contribution in [-0.4, -0.2) is 22.1 Å². The number of nitrogens with one attached hydrogen (secondary N) is 1. The molecular formula is C15H19ClN4. The standard InChI is InChI=1S/C15H19ClN4/c16-12-4-2-6-14(15(12)20-8-7-18-10-20)19-13-5-1-3-11(13)9-17/h2,4,6-8,10-11,13,19H,1,3,5,9,17H2. The van der Waals surface area contributed by atoms with Crippen LogP contribution >= 0.6 is 11.6 Å². The molecular weight excluding hydrogens is 272 g/mol. The zero-order valence-electron chi connectivity index (χ0n) is 11.3. The Labute approximate surface area is 124 Å². The van der Waals surface area contributed by atoms with Crippen molar-refractivity contribution >= 4 is 17.3 Å². The van der Waals surface area contributed by atoms with E-state index in [9.17, 15) is 0 Å². The predicted octanol–water partition coefficient (Wildman–Crippen LogP) is 3.07. The summed E-state index contributed by atoms with van der Waals surface area (Å²) in [5.74, 6) is 0.546. The molecule has 1 aromatic carbocycles. The molecule has 1 aliphatic carbocycles. The van der Waals surface area contributed by atoms with Crippen molar-refractivity contribution in [3.05, 3.63) is 41.9 Å². The third-order valence-electron chi connectivity index (χ3n) is 4.05. The number of para-hydroxylation sites is 1. The topological polar surface area (TPSA) is 55.9 Å². The first-order valence-corrected chi connectivity index (χ1v) is 7.41. The molecule has 106 valence electrons. The van der Waals surface area contributed by atoms with Crippen molar-refractivity contribution in [2.24, 2.45) is 11.7 Å². The molecule has 0 radical (unpaired) electrons. The lowest BCUT2D eigenvalue weighted by Crippen LogP contribution is -2.29. The van der Waals surface area contributed by atoms with Crippen LogP contribution in [0.3, 0.4) is 0 Å². The molecule has 0 spiro atoms. The highest BCUT2D eigenvalue weighted by Gasteiger charge is 2.26. The summed E-state index contributed by atoms with van der Waals surface area (Å²) in [6, 6.07) is 6.36. The molecule has 1 aromatic heterocycles. The van der Waals surface area contributed by atoms with Crippen LogP contribution < -0.4 is 11.1 Å². The first-order chi connectivity index (χ1) is 9.79. The fourth-order valence-corrected chi connectivity index (χ4v) is 3.27. The smallest absolute Gasteiger partial charge is 0.0992 e. The Morgan fingerprint density at radius 1 is 1.40 bits per heavy atom. The largest absolute Gasteiger partial charge is 0.380 e. The SMILES string of the molecule is NCC1CCCC1Nc1cccc(Cl)c1-n1ccnc1. The first kappa shape index (κ1) is 13.5. The van der Waals surface area contributed by atoms with Crippen molar-refractivity contribution in [2.75, 3.05) is 11.9 Å². The lowest BCUT2D eigenvalue weighted by molar-refractivity contribution is 0.516. The van der Waals surface area contributed by atoms with Crippen LogP contribution in [-0.2, 0) is 0 Å². The van der Waals surface area contributed by atoms with E-state index in [0.717, 1.165) is 29.4 Å². The number of anilines is 1. The Balaban J connectivity index is 1.92. The van der Waals surface area contributed by atoms with E-state index in [1.54, 1.807) is 12.5 Å². The summed E-state index contributed by atoms with van der Waals surface area (Å²) in [5.41, 5.74) is 7.85. The fraction of sp³-hybridized carbons (Fsp3) is 0.400. The molecule has 3 rings (SSSR count). The highest BCUT2D eigenvalue weighted by atomic mass is 35.5. The number of hydrogen-bond acceptors (Lipinski definition) is 3. The van der Waals surface area contributed by atoms with Crippen molar-refractivity contribution in [1.82, 2.24) is 9.55 Å². The summed E-state index contributed by atoms with van der Waals surface area (Å²) in [6.45, 7) is 0.735. The van der Waals surface area contributed by atoms with E-state index in [4.69, 9.17) is 17.3 Å². The predicted molar refractivity (Wildman–Crippen MR) is 82.4 cm³/mol. The maximum atomic E-state index is 6.36. The second kappa shape index (κ2) is 5.85. The summed E-state index contributed by atoms with van der Waals surface area (Å²) in [5, 5.41) is 4.34. The maximum Gasteiger partial charge on any atom is 0.0992 e. The Bertz CT molecular complexity index is 567. The van der Waals surface area contributed by atoms with Crippen molar-refractivity contribution in [3.63, 3.8) is 0 Å². The quantitative estimate of drug-likeness (QED) is 0.910.